The zero-order chi connectivity index (χ0) is 23.4. The van der Waals surface area contributed by atoms with Crippen molar-refractivity contribution in [3.8, 4) is 22.9 Å². The van der Waals surface area contributed by atoms with Crippen LogP contribution in [0.2, 0.25) is 0 Å². The number of hydrogen-bond acceptors (Lipinski definition) is 6. The summed E-state index contributed by atoms with van der Waals surface area (Å²) >= 11 is 0. The number of hydrogen-bond donors (Lipinski definition) is 1. The fourth-order valence-corrected chi connectivity index (χ4v) is 4.20. The van der Waals surface area contributed by atoms with Gasteiger partial charge in [-0.25, -0.2) is 14.8 Å². The highest BCUT2D eigenvalue weighted by molar-refractivity contribution is 5.75. The first-order chi connectivity index (χ1) is 16.0. The first kappa shape index (κ1) is 22.8. The van der Waals surface area contributed by atoms with E-state index >= 15 is 0 Å². The van der Waals surface area contributed by atoms with Crippen LogP contribution in [0.3, 0.4) is 0 Å². The van der Waals surface area contributed by atoms with Crippen LogP contribution < -0.4 is 14.8 Å². The number of fused-ring (bicyclic) bond motifs is 7. The highest BCUT2D eigenvalue weighted by Gasteiger charge is 2.24. The zero-order valence-electron chi connectivity index (χ0n) is 19.7. The third-order valence-electron chi connectivity index (χ3n) is 6.11. The van der Waals surface area contributed by atoms with Crippen molar-refractivity contribution in [2.24, 2.45) is 0 Å². The number of nitrogens with one attached hydrogen (secondary N) is 1. The van der Waals surface area contributed by atoms with E-state index in [1.807, 2.05) is 36.7 Å². The van der Waals surface area contributed by atoms with Crippen LogP contribution in [0.1, 0.15) is 58.2 Å². The molecule has 9 heteroatoms. The molecule has 0 aromatic carbocycles. The standard InChI is InChI=1S/C24H32N6O3/c1-5-30-17(3)19-13-18(21(32-4)14-26-19)20-15-29-11-10-25-22(29)23(28-20)33-12-8-6-7-9-16(2)27-24(30)31/h10-11,13-17H,5-9,12H2,1-4H3,(H,27,31)/t16-,17-/m1/s1. The predicted molar refractivity (Wildman–Crippen MR) is 126 cm³/mol. The molecular formula is C24H32N6O3. The average Bonchev–Trinajstić information content (AvgIpc) is 3.29. The molecule has 1 aliphatic rings. The SMILES string of the molecule is CCN1C(=O)N[C@H](C)CCCCCOc2nc(cn3ccnc23)-c2cc(ncc2OC)[C@H]1C. The molecule has 0 radical (unpaired) electrons. The lowest BCUT2D eigenvalue weighted by molar-refractivity contribution is 0.177. The van der Waals surface area contributed by atoms with Crippen molar-refractivity contribution in [2.45, 2.75) is 58.5 Å². The van der Waals surface area contributed by atoms with Gasteiger partial charge in [-0.1, -0.05) is 6.42 Å². The molecule has 0 unspecified atom stereocenters. The van der Waals surface area contributed by atoms with Gasteiger partial charge in [0.25, 0.3) is 5.88 Å². The number of aromatic nitrogens is 4. The van der Waals surface area contributed by atoms with E-state index in [0.29, 0.717) is 36.1 Å². The lowest BCUT2D eigenvalue weighted by Gasteiger charge is -2.29. The number of carbonyl (C=O) groups excluding carboxylic acids is 1. The summed E-state index contributed by atoms with van der Waals surface area (Å²) in [6.45, 7) is 7.14. The van der Waals surface area contributed by atoms with Gasteiger partial charge in [0.2, 0.25) is 5.65 Å². The van der Waals surface area contributed by atoms with Gasteiger partial charge in [-0.05, 0) is 46.1 Å². The van der Waals surface area contributed by atoms with Crippen molar-refractivity contribution < 1.29 is 14.3 Å². The molecule has 2 amide bonds. The number of urea groups is 1. The van der Waals surface area contributed by atoms with E-state index in [0.717, 1.165) is 36.9 Å². The van der Waals surface area contributed by atoms with Crippen LogP contribution in [0.4, 0.5) is 4.79 Å². The molecule has 4 rings (SSSR count). The van der Waals surface area contributed by atoms with E-state index in [-0.39, 0.29) is 18.1 Å². The number of methoxy groups -OCH3 is 1. The van der Waals surface area contributed by atoms with Crippen molar-refractivity contribution in [1.29, 1.82) is 0 Å². The van der Waals surface area contributed by atoms with E-state index in [9.17, 15) is 4.79 Å². The average molecular weight is 453 g/mol. The Morgan fingerprint density at radius 1 is 1.24 bits per heavy atom. The number of rotatable bonds is 2. The maximum atomic E-state index is 13.0. The van der Waals surface area contributed by atoms with E-state index in [2.05, 4.69) is 22.2 Å². The summed E-state index contributed by atoms with van der Waals surface area (Å²) in [7, 11) is 1.61. The summed E-state index contributed by atoms with van der Waals surface area (Å²) in [6.07, 6.45) is 11.0. The van der Waals surface area contributed by atoms with Gasteiger partial charge in [-0.3, -0.25) is 4.98 Å². The molecule has 4 heterocycles. The molecule has 33 heavy (non-hydrogen) atoms. The monoisotopic (exact) mass is 452 g/mol. The van der Waals surface area contributed by atoms with Gasteiger partial charge in [0.05, 0.1) is 37.3 Å². The van der Waals surface area contributed by atoms with Crippen LogP contribution in [-0.4, -0.2) is 56.6 Å². The number of ether oxygens (including phenoxy) is 2. The Hall–Kier alpha value is -3.36. The van der Waals surface area contributed by atoms with Crippen LogP contribution in [0.25, 0.3) is 16.9 Å². The smallest absolute Gasteiger partial charge is 0.318 e. The number of carbonyl (C=O) groups is 1. The number of imidazole rings is 1. The molecule has 176 valence electrons. The molecule has 1 aliphatic heterocycles. The Balaban J connectivity index is 1.81. The van der Waals surface area contributed by atoms with Crippen LogP contribution in [0.15, 0.2) is 30.9 Å². The van der Waals surface area contributed by atoms with Crippen molar-refractivity contribution in [3.63, 3.8) is 0 Å². The highest BCUT2D eigenvalue weighted by atomic mass is 16.5. The zero-order valence-corrected chi connectivity index (χ0v) is 19.7. The fourth-order valence-electron chi connectivity index (χ4n) is 4.20. The summed E-state index contributed by atoms with van der Waals surface area (Å²) in [4.78, 5) is 28.6. The van der Waals surface area contributed by atoms with Gasteiger partial charge in [-0.15, -0.1) is 0 Å². The first-order valence-corrected chi connectivity index (χ1v) is 11.6. The quantitative estimate of drug-likeness (QED) is 0.625. The number of nitrogens with zero attached hydrogens (tertiary/aromatic N) is 5. The Bertz CT molecular complexity index is 1110. The van der Waals surface area contributed by atoms with Crippen molar-refractivity contribution in [2.75, 3.05) is 20.3 Å². The number of amides is 2. The molecule has 0 fully saturated rings. The molecule has 2 atom stereocenters. The fraction of sp³-hybridized carbons (Fsp3) is 0.500. The second-order valence-corrected chi connectivity index (χ2v) is 8.41. The molecule has 3 aromatic rings. The van der Waals surface area contributed by atoms with Gasteiger partial charge in [0.1, 0.15) is 5.75 Å². The van der Waals surface area contributed by atoms with Crippen LogP contribution in [0.5, 0.6) is 11.6 Å². The second-order valence-electron chi connectivity index (χ2n) is 8.41. The molecule has 0 spiro atoms. The molecule has 1 N–H and O–H groups in total. The van der Waals surface area contributed by atoms with E-state index in [1.54, 1.807) is 24.4 Å². The molecular weight excluding hydrogens is 420 g/mol. The molecule has 0 aliphatic carbocycles. The van der Waals surface area contributed by atoms with Gasteiger partial charge in [0.15, 0.2) is 0 Å². The summed E-state index contributed by atoms with van der Waals surface area (Å²) < 4.78 is 13.6. The molecule has 0 saturated heterocycles. The van der Waals surface area contributed by atoms with E-state index < -0.39 is 0 Å². The molecule has 0 saturated carbocycles. The Morgan fingerprint density at radius 2 is 2.09 bits per heavy atom. The topological polar surface area (TPSA) is 93.9 Å². The van der Waals surface area contributed by atoms with E-state index in [1.165, 1.54) is 0 Å². The minimum atomic E-state index is -0.227. The van der Waals surface area contributed by atoms with Gasteiger partial charge < -0.3 is 24.1 Å². The predicted octanol–water partition coefficient (Wildman–Crippen LogP) is 4.23. The maximum Gasteiger partial charge on any atom is 0.318 e. The Morgan fingerprint density at radius 3 is 2.88 bits per heavy atom. The van der Waals surface area contributed by atoms with Crippen molar-refractivity contribution in [1.82, 2.24) is 29.6 Å². The number of pyridine rings is 1. The van der Waals surface area contributed by atoms with Gasteiger partial charge in [0, 0.05) is 36.7 Å². The summed E-state index contributed by atoms with van der Waals surface area (Å²) in [6, 6.07) is 1.73. The molecule has 4 bridgehead atoms. The highest BCUT2D eigenvalue weighted by Crippen LogP contribution is 2.33. The molecule has 9 nitrogen and oxygen atoms in total. The third kappa shape index (κ3) is 4.86. The van der Waals surface area contributed by atoms with Crippen LogP contribution >= 0.6 is 0 Å². The third-order valence-corrected chi connectivity index (χ3v) is 6.11. The Kier molecular flexibility index (Phi) is 6.96. The first-order valence-electron chi connectivity index (χ1n) is 11.6. The van der Waals surface area contributed by atoms with Gasteiger partial charge >= 0.3 is 6.03 Å². The second kappa shape index (κ2) is 10.1. The lowest BCUT2D eigenvalue weighted by atomic mass is 10.1. The van der Waals surface area contributed by atoms with Crippen molar-refractivity contribution >= 4 is 11.7 Å². The summed E-state index contributed by atoms with van der Waals surface area (Å²) in [5, 5.41) is 3.14. The normalized spacial score (nSPS) is 20.1. The minimum Gasteiger partial charge on any atom is -0.494 e. The molecule has 3 aromatic heterocycles. The lowest BCUT2D eigenvalue weighted by Crippen LogP contribution is -2.45. The van der Waals surface area contributed by atoms with Gasteiger partial charge in [-0.2, -0.15) is 0 Å². The van der Waals surface area contributed by atoms with E-state index in [4.69, 9.17) is 14.5 Å². The van der Waals surface area contributed by atoms with Crippen molar-refractivity contribution in [3.05, 3.63) is 36.5 Å². The maximum absolute atomic E-state index is 13.0. The van der Waals surface area contributed by atoms with Crippen LogP contribution in [-0.2, 0) is 0 Å². The summed E-state index contributed by atoms with van der Waals surface area (Å²) in [5.74, 6) is 1.10. The Labute approximate surface area is 194 Å². The summed E-state index contributed by atoms with van der Waals surface area (Å²) in [5.41, 5.74) is 2.91. The van der Waals surface area contributed by atoms with Crippen LogP contribution in [0, 0.1) is 0 Å². The minimum absolute atomic E-state index is 0.0791. The largest absolute Gasteiger partial charge is 0.494 e.